The summed E-state index contributed by atoms with van der Waals surface area (Å²) >= 11 is 3.30. The number of H-pyrrole nitrogens is 1. The normalized spacial score (nSPS) is 17.9. The number of aliphatic hydroxyl groups is 5. The quantitative estimate of drug-likeness (QED) is 0.430. The molecule has 20 heavy (non-hydrogen) atoms. The Bertz CT molecular complexity index is 590. The molecule has 110 valence electrons. The number of nitrogens with zero attached hydrogens (tertiary/aromatic N) is 1. The molecule has 0 radical (unpaired) electrons. The molecular weight excluding hydrogens is 332 g/mol. The third-order valence-electron chi connectivity index (χ3n) is 3.00. The van der Waals surface area contributed by atoms with Crippen molar-refractivity contribution >= 4 is 27.0 Å². The summed E-state index contributed by atoms with van der Waals surface area (Å²) < 4.78 is 0.825. The number of fused-ring (bicyclic) bond motifs is 1. The second-order valence-electron chi connectivity index (χ2n) is 4.46. The minimum absolute atomic E-state index is 0.0646. The van der Waals surface area contributed by atoms with Gasteiger partial charge in [-0.2, -0.15) is 0 Å². The lowest BCUT2D eigenvalue weighted by Gasteiger charge is -2.24. The molecule has 0 aliphatic carbocycles. The minimum Gasteiger partial charge on any atom is -0.394 e. The molecule has 8 heteroatoms. The maximum Gasteiger partial charge on any atom is 0.140 e. The summed E-state index contributed by atoms with van der Waals surface area (Å²) in [5.74, 6) is 0.0646. The molecule has 0 saturated heterocycles. The number of hydrogen-bond donors (Lipinski definition) is 6. The van der Waals surface area contributed by atoms with Gasteiger partial charge in [-0.05, 0) is 18.2 Å². The molecule has 0 bridgehead atoms. The Kier molecular flexibility index (Phi) is 4.74. The van der Waals surface area contributed by atoms with Crippen LogP contribution in [0.25, 0.3) is 11.0 Å². The molecule has 2 aromatic rings. The van der Waals surface area contributed by atoms with Gasteiger partial charge in [0, 0.05) is 4.47 Å². The van der Waals surface area contributed by atoms with Gasteiger partial charge in [0.2, 0.25) is 0 Å². The second-order valence-corrected chi connectivity index (χ2v) is 5.38. The van der Waals surface area contributed by atoms with E-state index in [2.05, 4.69) is 25.9 Å². The van der Waals surface area contributed by atoms with Crippen LogP contribution >= 0.6 is 15.9 Å². The first-order chi connectivity index (χ1) is 9.43. The molecule has 0 unspecified atom stereocenters. The van der Waals surface area contributed by atoms with Crippen LogP contribution in [0.4, 0.5) is 0 Å². The molecule has 0 fully saturated rings. The lowest BCUT2D eigenvalue weighted by atomic mass is 10.0. The van der Waals surface area contributed by atoms with Crippen LogP contribution in [0.1, 0.15) is 11.9 Å². The molecule has 0 amide bonds. The van der Waals surface area contributed by atoms with Crippen LogP contribution in [0, 0.1) is 0 Å². The fourth-order valence-electron chi connectivity index (χ4n) is 1.83. The molecule has 0 aliphatic rings. The number of aliphatic hydroxyl groups excluding tert-OH is 5. The smallest absolute Gasteiger partial charge is 0.140 e. The standard InChI is InChI=1S/C12H15BrN2O5/c13-5-1-2-6-7(3-5)15-12(14-6)11(20)10(19)9(18)8(17)4-16/h1-3,8-11,16-20H,4H2,(H,14,15)/t8-,9-,10+,11+/m1/s1. The van der Waals surface area contributed by atoms with E-state index in [1.54, 1.807) is 18.2 Å². The summed E-state index contributed by atoms with van der Waals surface area (Å²) in [6.45, 7) is -0.724. The Morgan fingerprint density at radius 3 is 2.50 bits per heavy atom. The monoisotopic (exact) mass is 346 g/mol. The first-order valence-corrected chi connectivity index (χ1v) is 6.71. The van der Waals surface area contributed by atoms with E-state index in [0.29, 0.717) is 11.0 Å². The first-order valence-electron chi connectivity index (χ1n) is 5.92. The van der Waals surface area contributed by atoms with Crippen LogP contribution in [0.2, 0.25) is 0 Å². The zero-order chi connectivity index (χ0) is 14.9. The van der Waals surface area contributed by atoms with Gasteiger partial charge in [-0.25, -0.2) is 4.98 Å². The fourth-order valence-corrected chi connectivity index (χ4v) is 2.19. The van der Waals surface area contributed by atoms with Crippen LogP contribution in [0.15, 0.2) is 22.7 Å². The molecule has 0 saturated carbocycles. The van der Waals surface area contributed by atoms with E-state index in [1.165, 1.54) is 0 Å². The number of hydrogen-bond acceptors (Lipinski definition) is 6. The van der Waals surface area contributed by atoms with Gasteiger partial charge in [-0.1, -0.05) is 15.9 Å². The summed E-state index contributed by atoms with van der Waals surface area (Å²) in [5.41, 5.74) is 1.24. The van der Waals surface area contributed by atoms with Gasteiger partial charge in [0.05, 0.1) is 17.6 Å². The fraction of sp³-hybridized carbons (Fsp3) is 0.417. The van der Waals surface area contributed by atoms with Crippen LogP contribution in [-0.2, 0) is 0 Å². The van der Waals surface area contributed by atoms with Crippen molar-refractivity contribution in [1.29, 1.82) is 0 Å². The van der Waals surface area contributed by atoms with E-state index in [-0.39, 0.29) is 5.82 Å². The number of halogens is 1. The van der Waals surface area contributed by atoms with Gasteiger partial charge < -0.3 is 30.5 Å². The highest BCUT2D eigenvalue weighted by Crippen LogP contribution is 2.23. The molecule has 2 rings (SSSR count). The summed E-state index contributed by atoms with van der Waals surface area (Å²) in [4.78, 5) is 6.92. The van der Waals surface area contributed by atoms with E-state index in [4.69, 9.17) is 5.11 Å². The third-order valence-corrected chi connectivity index (χ3v) is 3.49. The summed E-state index contributed by atoms with van der Waals surface area (Å²) in [7, 11) is 0. The predicted octanol–water partition coefficient (Wildman–Crippen LogP) is -0.566. The zero-order valence-corrected chi connectivity index (χ0v) is 11.9. The molecule has 1 aromatic heterocycles. The van der Waals surface area contributed by atoms with E-state index in [0.717, 1.165) is 4.47 Å². The average molecular weight is 347 g/mol. The van der Waals surface area contributed by atoms with E-state index in [9.17, 15) is 20.4 Å². The van der Waals surface area contributed by atoms with E-state index in [1.807, 2.05) is 0 Å². The number of aromatic nitrogens is 2. The van der Waals surface area contributed by atoms with Crippen LogP contribution in [-0.4, -0.2) is 60.4 Å². The Morgan fingerprint density at radius 1 is 1.15 bits per heavy atom. The Labute approximate surface area is 122 Å². The molecule has 0 aliphatic heterocycles. The number of aromatic amines is 1. The van der Waals surface area contributed by atoms with E-state index < -0.39 is 31.0 Å². The lowest BCUT2D eigenvalue weighted by Crippen LogP contribution is -2.42. The summed E-state index contributed by atoms with van der Waals surface area (Å²) in [6.07, 6.45) is -6.42. The Hall–Kier alpha value is -1.03. The first kappa shape index (κ1) is 15.4. The van der Waals surface area contributed by atoms with Crippen LogP contribution in [0.3, 0.4) is 0 Å². The Morgan fingerprint density at radius 2 is 1.85 bits per heavy atom. The molecule has 1 aromatic carbocycles. The maximum absolute atomic E-state index is 9.97. The van der Waals surface area contributed by atoms with Crippen molar-refractivity contribution in [2.75, 3.05) is 6.61 Å². The molecule has 7 nitrogen and oxygen atoms in total. The van der Waals surface area contributed by atoms with Crippen molar-refractivity contribution in [2.45, 2.75) is 24.4 Å². The molecule has 6 N–H and O–H groups in total. The number of rotatable bonds is 5. The topological polar surface area (TPSA) is 130 Å². The van der Waals surface area contributed by atoms with Crippen molar-refractivity contribution < 1.29 is 25.5 Å². The molecular formula is C12H15BrN2O5. The third kappa shape index (κ3) is 3.00. The van der Waals surface area contributed by atoms with Gasteiger partial charge in [-0.15, -0.1) is 0 Å². The van der Waals surface area contributed by atoms with Crippen LogP contribution < -0.4 is 0 Å². The van der Waals surface area contributed by atoms with Gasteiger partial charge in [-0.3, -0.25) is 0 Å². The van der Waals surface area contributed by atoms with Crippen molar-refractivity contribution in [1.82, 2.24) is 9.97 Å². The van der Waals surface area contributed by atoms with Crippen LogP contribution in [0.5, 0.6) is 0 Å². The molecule has 1 heterocycles. The second kappa shape index (κ2) is 6.17. The average Bonchev–Trinajstić information content (AvgIpc) is 2.86. The summed E-state index contributed by atoms with van der Waals surface area (Å²) in [5, 5.41) is 47.3. The van der Waals surface area contributed by atoms with Crippen molar-refractivity contribution in [3.8, 4) is 0 Å². The predicted molar refractivity (Wildman–Crippen MR) is 73.9 cm³/mol. The summed E-state index contributed by atoms with van der Waals surface area (Å²) in [6, 6.07) is 5.25. The molecule has 0 spiro atoms. The number of nitrogens with one attached hydrogen (secondary N) is 1. The van der Waals surface area contributed by atoms with Gasteiger partial charge in [0.25, 0.3) is 0 Å². The van der Waals surface area contributed by atoms with Gasteiger partial charge in [0.1, 0.15) is 30.2 Å². The van der Waals surface area contributed by atoms with Crippen molar-refractivity contribution in [2.24, 2.45) is 0 Å². The number of imidazole rings is 1. The SMILES string of the molecule is OC[C@@H](O)[C@@H](O)[C@H](O)[C@H](O)c1nc2ccc(Br)cc2[nH]1. The van der Waals surface area contributed by atoms with Gasteiger partial charge >= 0.3 is 0 Å². The largest absolute Gasteiger partial charge is 0.394 e. The van der Waals surface area contributed by atoms with Crippen molar-refractivity contribution in [3.63, 3.8) is 0 Å². The van der Waals surface area contributed by atoms with Gasteiger partial charge in [0.15, 0.2) is 0 Å². The molecule has 4 atom stereocenters. The van der Waals surface area contributed by atoms with Crippen molar-refractivity contribution in [3.05, 3.63) is 28.5 Å². The maximum atomic E-state index is 9.97. The Balaban J connectivity index is 2.24. The zero-order valence-electron chi connectivity index (χ0n) is 10.3. The highest BCUT2D eigenvalue weighted by atomic mass is 79.9. The lowest BCUT2D eigenvalue weighted by molar-refractivity contribution is -0.117. The minimum atomic E-state index is -1.69. The highest BCUT2D eigenvalue weighted by Gasteiger charge is 2.32. The number of benzene rings is 1. The highest BCUT2D eigenvalue weighted by molar-refractivity contribution is 9.10. The van der Waals surface area contributed by atoms with E-state index >= 15 is 0 Å².